The second kappa shape index (κ2) is 13.1. The fourth-order valence-corrected chi connectivity index (χ4v) is 4.42. The van der Waals surface area contributed by atoms with Crippen molar-refractivity contribution < 1.29 is 33.0 Å². The zero-order valence-electron chi connectivity index (χ0n) is 19.7. The molecule has 0 bridgehead atoms. The lowest BCUT2D eigenvalue weighted by atomic mass is 9.89. The first-order chi connectivity index (χ1) is 15.1. The Morgan fingerprint density at radius 1 is 1.16 bits per heavy atom. The van der Waals surface area contributed by atoms with Crippen molar-refractivity contribution in [2.24, 2.45) is 0 Å². The monoisotopic (exact) mass is 462 g/mol. The van der Waals surface area contributed by atoms with Crippen LogP contribution >= 0.6 is 0 Å². The van der Waals surface area contributed by atoms with Crippen LogP contribution in [0.25, 0.3) is 5.53 Å². The molecule has 0 amide bonds. The zero-order valence-corrected chi connectivity index (χ0v) is 20.7. The van der Waals surface area contributed by atoms with Gasteiger partial charge >= 0.3 is 17.7 Å². The van der Waals surface area contributed by atoms with Gasteiger partial charge in [-0.3, -0.25) is 0 Å². The minimum atomic E-state index is -2.42. The molecule has 0 aliphatic rings. The van der Waals surface area contributed by atoms with Crippen LogP contribution in [0.4, 0.5) is 0 Å². The highest BCUT2D eigenvalue weighted by Gasteiger charge is 2.58. The number of methoxy groups -OCH3 is 1. The van der Waals surface area contributed by atoms with Crippen LogP contribution in [0, 0.1) is 0 Å². The molecule has 32 heavy (non-hydrogen) atoms. The van der Waals surface area contributed by atoms with Crippen molar-refractivity contribution in [1.82, 2.24) is 0 Å². The van der Waals surface area contributed by atoms with Gasteiger partial charge < -0.3 is 24.2 Å². The molecule has 0 aliphatic heterocycles. The van der Waals surface area contributed by atoms with Gasteiger partial charge in [0.25, 0.3) is 5.60 Å². The quantitative estimate of drug-likeness (QED) is 0.0788. The van der Waals surface area contributed by atoms with Crippen molar-refractivity contribution >= 4 is 26.0 Å². The van der Waals surface area contributed by atoms with Crippen LogP contribution in [0.2, 0.25) is 19.6 Å². The summed E-state index contributed by atoms with van der Waals surface area (Å²) in [5.41, 5.74) is 9.07. The molecule has 1 aromatic rings. The predicted molar refractivity (Wildman–Crippen MR) is 124 cm³/mol. The van der Waals surface area contributed by atoms with Gasteiger partial charge in [-0.15, -0.1) is 0 Å². The molecule has 9 heteroatoms. The summed E-state index contributed by atoms with van der Waals surface area (Å²) < 4.78 is 21.8. The molecule has 1 aromatic carbocycles. The van der Waals surface area contributed by atoms with E-state index >= 15 is 0 Å². The van der Waals surface area contributed by atoms with Crippen molar-refractivity contribution in [3.63, 3.8) is 0 Å². The average molecular weight is 463 g/mol. The van der Waals surface area contributed by atoms with Crippen molar-refractivity contribution in [3.05, 3.63) is 53.6 Å². The number of ether oxygens (including phenoxy) is 3. The molecule has 0 N–H and O–H groups in total. The first-order valence-electron chi connectivity index (χ1n) is 10.6. The summed E-state index contributed by atoms with van der Waals surface area (Å²) in [4.78, 5) is 28.5. The minimum Gasteiger partial charge on any atom is -0.466 e. The third-order valence-corrected chi connectivity index (χ3v) is 5.45. The number of nitrogens with zero attached hydrogens (tertiary/aromatic N) is 2. The highest BCUT2D eigenvalue weighted by Crippen LogP contribution is 2.29. The molecule has 0 fully saturated rings. The van der Waals surface area contributed by atoms with Crippen LogP contribution in [0.5, 0.6) is 0 Å². The van der Waals surface area contributed by atoms with Crippen LogP contribution in [0.1, 0.15) is 31.7 Å². The number of benzene rings is 1. The molecule has 1 atom stereocenters. The standard InChI is InChI=1S/C23H34N2O6Si/c1-7-30-21(26)20(25-24)23(22(27)28-3,31-32(4,5)6)15-13-18(2)14-16-29-17-19-11-9-8-10-12-19/h8-12H,2,7,13-17H2,1,3-6H3. The van der Waals surface area contributed by atoms with E-state index in [1.807, 2.05) is 50.0 Å². The van der Waals surface area contributed by atoms with Crippen molar-refractivity contribution in [2.45, 2.75) is 58.0 Å². The van der Waals surface area contributed by atoms with Gasteiger partial charge in [0.15, 0.2) is 8.32 Å². The van der Waals surface area contributed by atoms with Crippen LogP contribution in [-0.2, 0) is 34.8 Å². The molecule has 8 nitrogen and oxygen atoms in total. The van der Waals surface area contributed by atoms with Crippen molar-refractivity contribution in [3.8, 4) is 0 Å². The Morgan fingerprint density at radius 2 is 1.81 bits per heavy atom. The molecule has 0 saturated carbocycles. The molecular formula is C23H34N2O6Si. The van der Waals surface area contributed by atoms with Gasteiger partial charge in [0.05, 0.1) is 26.9 Å². The van der Waals surface area contributed by atoms with E-state index in [-0.39, 0.29) is 13.0 Å². The Labute approximate surface area is 191 Å². The SMILES string of the molecule is C=C(CCOCc1ccccc1)CCC(O[Si](C)(C)C)(C(=O)OC)C(=[N+]=[N-])C(=O)OCC. The van der Waals surface area contributed by atoms with Gasteiger partial charge in [-0.05, 0) is 45.0 Å². The molecule has 0 aliphatic carbocycles. The number of esters is 2. The van der Waals surface area contributed by atoms with Gasteiger partial charge in [0.1, 0.15) is 0 Å². The Balaban J connectivity index is 2.94. The number of rotatable bonds is 14. The van der Waals surface area contributed by atoms with E-state index in [1.165, 1.54) is 7.11 Å². The van der Waals surface area contributed by atoms with Gasteiger partial charge in [-0.1, -0.05) is 42.5 Å². The summed E-state index contributed by atoms with van der Waals surface area (Å²) >= 11 is 0. The summed E-state index contributed by atoms with van der Waals surface area (Å²) in [6.45, 7) is 12.2. The second-order valence-corrected chi connectivity index (χ2v) is 12.7. The fraction of sp³-hybridized carbons (Fsp3) is 0.522. The number of carbonyl (C=O) groups excluding carboxylic acids is 2. The summed E-state index contributed by atoms with van der Waals surface area (Å²) in [6, 6.07) is 9.82. The minimum absolute atomic E-state index is 0.0136. The predicted octanol–water partition coefficient (Wildman–Crippen LogP) is 3.93. The third-order valence-electron chi connectivity index (χ3n) is 4.49. The second-order valence-electron chi connectivity index (χ2n) is 8.24. The molecule has 0 aromatic heterocycles. The van der Waals surface area contributed by atoms with Gasteiger partial charge in [-0.2, -0.15) is 4.79 Å². The lowest BCUT2D eigenvalue weighted by Gasteiger charge is -2.33. The Hall–Kier alpha value is -2.58. The molecule has 1 unspecified atom stereocenters. The average Bonchev–Trinajstić information content (AvgIpc) is 2.74. The van der Waals surface area contributed by atoms with E-state index < -0.39 is 31.6 Å². The fourth-order valence-electron chi connectivity index (χ4n) is 3.09. The van der Waals surface area contributed by atoms with Crippen LogP contribution in [-0.4, -0.2) is 56.7 Å². The molecule has 0 radical (unpaired) electrons. The first-order valence-corrected chi connectivity index (χ1v) is 14.0. The van der Waals surface area contributed by atoms with Crippen LogP contribution in [0.15, 0.2) is 42.5 Å². The zero-order chi connectivity index (χ0) is 24.2. The normalized spacial score (nSPS) is 12.9. The molecule has 0 saturated heterocycles. The maximum absolute atomic E-state index is 12.9. The lowest BCUT2D eigenvalue weighted by Crippen LogP contribution is -2.58. The highest BCUT2D eigenvalue weighted by atomic mass is 28.4. The molecule has 0 spiro atoms. The van der Waals surface area contributed by atoms with Crippen LogP contribution in [0.3, 0.4) is 0 Å². The molecule has 0 heterocycles. The van der Waals surface area contributed by atoms with Gasteiger partial charge in [-0.25, -0.2) is 9.59 Å². The summed E-state index contributed by atoms with van der Waals surface area (Å²) in [7, 11) is -1.22. The molecular weight excluding hydrogens is 428 g/mol. The van der Waals surface area contributed by atoms with E-state index in [2.05, 4.69) is 11.4 Å². The van der Waals surface area contributed by atoms with Gasteiger partial charge in [0, 0.05) is 6.42 Å². The summed E-state index contributed by atoms with van der Waals surface area (Å²) in [5, 5.41) is 0. The molecule has 1 rings (SSSR count). The van der Waals surface area contributed by atoms with Crippen molar-refractivity contribution in [2.75, 3.05) is 20.3 Å². The van der Waals surface area contributed by atoms with E-state index in [0.717, 1.165) is 11.1 Å². The Morgan fingerprint density at radius 3 is 2.34 bits per heavy atom. The number of hydrogen-bond donors (Lipinski definition) is 0. The van der Waals surface area contributed by atoms with Crippen LogP contribution < -0.4 is 0 Å². The Bertz CT molecular complexity index is 831. The maximum atomic E-state index is 12.9. The van der Waals surface area contributed by atoms with E-state index in [4.69, 9.17) is 18.6 Å². The summed E-state index contributed by atoms with van der Waals surface area (Å²) in [5.74, 6) is -1.76. The highest BCUT2D eigenvalue weighted by molar-refractivity contribution is 6.70. The number of carbonyl (C=O) groups is 2. The van der Waals surface area contributed by atoms with Gasteiger partial charge in [0.2, 0.25) is 0 Å². The van der Waals surface area contributed by atoms with E-state index in [9.17, 15) is 15.1 Å². The topological polar surface area (TPSA) is 107 Å². The summed E-state index contributed by atoms with van der Waals surface area (Å²) in [6.07, 6.45) is 0.897. The smallest absolute Gasteiger partial charge is 0.420 e. The van der Waals surface area contributed by atoms with Crippen molar-refractivity contribution in [1.29, 1.82) is 0 Å². The van der Waals surface area contributed by atoms with E-state index in [0.29, 0.717) is 26.1 Å². The lowest BCUT2D eigenvalue weighted by molar-refractivity contribution is -0.161. The first kappa shape index (κ1) is 27.5. The number of hydrogen-bond acceptors (Lipinski definition) is 6. The molecule has 176 valence electrons. The van der Waals surface area contributed by atoms with E-state index in [1.54, 1.807) is 6.92 Å². The third kappa shape index (κ3) is 8.51. The maximum Gasteiger partial charge on any atom is 0.420 e. The largest absolute Gasteiger partial charge is 0.466 e. The Kier molecular flexibility index (Phi) is 11.2.